The second kappa shape index (κ2) is 6.41. The van der Waals surface area contributed by atoms with Crippen LogP contribution < -0.4 is 16.0 Å². The van der Waals surface area contributed by atoms with Crippen molar-refractivity contribution in [3.8, 4) is 0 Å². The second-order valence-electron chi connectivity index (χ2n) is 5.69. The summed E-state index contributed by atoms with van der Waals surface area (Å²) in [5.74, 6) is 1.22. The molecule has 1 aromatic heterocycles. The van der Waals surface area contributed by atoms with Gasteiger partial charge in [-0.15, -0.1) is 0 Å². The van der Waals surface area contributed by atoms with E-state index in [1.807, 2.05) is 6.07 Å². The van der Waals surface area contributed by atoms with Gasteiger partial charge in [0.1, 0.15) is 5.82 Å². The van der Waals surface area contributed by atoms with Crippen molar-refractivity contribution in [2.45, 2.75) is 18.9 Å². The molecule has 0 spiro atoms. The van der Waals surface area contributed by atoms with Gasteiger partial charge in [0.25, 0.3) is 5.91 Å². The Bertz CT molecular complexity index is 498. The van der Waals surface area contributed by atoms with E-state index < -0.39 is 0 Å². The maximum absolute atomic E-state index is 12.4. The Hall–Kier alpha value is -1.66. The molecule has 1 aliphatic heterocycles. The van der Waals surface area contributed by atoms with Crippen LogP contribution in [0.25, 0.3) is 0 Å². The van der Waals surface area contributed by atoms with Gasteiger partial charge in [0.15, 0.2) is 0 Å². The lowest BCUT2D eigenvalue weighted by Crippen LogP contribution is -2.41. The molecule has 1 saturated heterocycles. The number of anilines is 1. The quantitative estimate of drug-likeness (QED) is 0.820. The van der Waals surface area contributed by atoms with E-state index in [-0.39, 0.29) is 11.9 Å². The lowest BCUT2D eigenvalue weighted by Gasteiger charge is -2.29. The Labute approximate surface area is 124 Å². The van der Waals surface area contributed by atoms with Crippen molar-refractivity contribution in [3.63, 3.8) is 0 Å². The molecule has 3 rings (SSSR count). The monoisotopic (exact) mass is 290 g/mol. The van der Waals surface area contributed by atoms with Crippen LogP contribution in [0.3, 0.4) is 0 Å². The first-order valence-electron chi connectivity index (χ1n) is 7.57. The van der Waals surface area contributed by atoms with E-state index in [1.54, 1.807) is 12.3 Å². The van der Waals surface area contributed by atoms with Gasteiger partial charge >= 0.3 is 0 Å². The van der Waals surface area contributed by atoms with Gasteiger partial charge in [0.2, 0.25) is 0 Å². The highest BCUT2D eigenvalue weighted by atomic mass is 16.5. The van der Waals surface area contributed by atoms with Crippen molar-refractivity contribution in [2.75, 3.05) is 37.7 Å². The zero-order chi connectivity index (χ0) is 14.7. The normalized spacial score (nSPS) is 20.1. The first kappa shape index (κ1) is 14.3. The number of hydrogen-bond donors (Lipinski definition) is 2. The lowest BCUT2D eigenvalue weighted by molar-refractivity contribution is 0.0948. The zero-order valence-electron chi connectivity index (χ0n) is 12.1. The van der Waals surface area contributed by atoms with Gasteiger partial charge in [0.05, 0.1) is 18.8 Å². The van der Waals surface area contributed by atoms with Crippen LogP contribution in [-0.4, -0.2) is 49.8 Å². The number of aromatic nitrogens is 1. The van der Waals surface area contributed by atoms with E-state index in [0.717, 1.165) is 18.9 Å². The number of nitrogens with one attached hydrogen (secondary N) is 1. The van der Waals surface area contributed by atoms with Crippen molar-refractivity contribution >= 4 is 11.7 Å². The number of carbonyl (C=O) groups excluding carboxylic acids is 1. The molecular weight excluding hydrogens is 268 g/mol. The molecule has 114 valence electrons. The summed E-state index contributed by atoms with van der Waals surface area (Å²) < 4.78 is 5.35. The fraction of sp³-hybridized carbons (Fsp3) is 0.600. The first-order valence-corrected chi connectivity index (χ1v) is 7.57. The topological polar surface area (TPSA) is 80.5 Å². The average molecular weight is 290 g/mol. The van der Waals surface area contributed by atoms with Crippen LogP contribution in [0.2, 0.25) is 0 Å². The second-order valence-corrected chi connectivity index (χ2v) is 5.69. The van der Waals surface area contributed by atoms with E-state index >= 15 is 0 Å². The standard InChI is InChI=1S/C15H22N4O2/c16-13(11-3-4-11)10-18-15(20)12-2-1-5-17-14(12)19-6-8-21-9-7-19/h1-2,5,11,13H,3-4,6-10,16H2,(H,18,20). The number of carbonyl (C=O) groups is 1. The number of nitrogens with two attached hydrogens (primary N) is 1. The molecule has 0 radical (unpaired) electrons. The maximum atomic E-state index is 12.4. The van der Waals surface area contributed by atoms with Gasteiger partial charge in [-0.2, -0.15) is 0 Å². The number of morpholine rings is 1. The molecule has 6 heteroatoms. The smallest absolute Gasteiger partial charge is 0.255 e. The van der Waals surface area contributed by atoms with Crippen LogP contribution >= 0.6 is 0 Å². The van der Waals surface area contributed by atoms with Crippen LogP contribution in [0.4, 0.5) is 5.82 Å². The van der Waals surface area contributed by atoms with Crippen LogP contribution in [0.15, 0.2) is 18.3 Å². The van der Waals surface area contributed by atoms with Gasteiger partial charge in [0, 0.05) is 31.9 Å². The zero-order valence-corrected chi connectivity index (χ0v) is 12.1. The Morgan fingerprint density at radius 2 is 2.24 bits per heavy atom. The van der Waals surface area contributed by atoms with Crippen LogP contribution in [0.5, 0.6) is 0 Å². The Kier molecular flexibility index (Phi) is 4.36. The minimum Gasteiger partial charge on any atom is -0.378 e. The van der Waals surface area contributed by atoms with Gasteiger partial charge in [-0.1, -0.05) is 0 Å². The Morgan fingerprint density at radius 1 is 1.48 bits per heavy atom. The van der Waals surface area contributed by atoms with Gasteiger partial charge < -0.3 is 20.7 Å². The van der Waals surface area contributed by atoms with E-state index in [1.165, 1.54) is 12.8 Å². The van der Waals surface area contributed by atoms with Crippen LogP contribution in [-0.2, 0) is 4.74 Å². The fourth-order valence-corrected chi connectivity index (χ4v) is 2.60. The molecular formula is C15H22N4O2. The number of nitrogens with zero attached hydrogens (tertiary/aromatic N) is 2. The lowest BCUT2D eigenvalue weighted by atomic mass is 10.2. The van der Waals surface area contributed by atoms with Gasteiger partial charge in [-0.25, -0.2) is 4.98 Å². The molecule has 1 saturated carbocycles. The molecule has 1 amide bonds. The summed E-state index contributed by atoms with van der Waals surface area (Å²) >= 11 is 0. The third-order valence-electron chi connectivity index (χ3n) is 4.07. The summed E-state index contributed by atoms with van der Waals surface area (Å²) in [5.41, 5.74) is 6.64. The largest absolute Gasteiger partial charge is 0.378 e. The molecule has 1 atom stereocenters. The highest BCUT2D eigenvalue weighted by molar-refractivity contribution is 5.98. The first-order chi connectivity index (χ1) is 10.3. The molecule has 3 N–H and O–H groups in total. The van der Waals surface area contributed by atoms with E-state index in [9.17, 15) is 4.79 Å². The van der Waals surface area contributed by atoms with Crippen molar-refractivity contribution in [2.24, 2.45) is 11.7 Å². The molecule has 1 aromatic rings. The minimum absolute atomic E-state index is 0.0671. The Morgan fingerprint density at radius 3 is 2.95 bits per heavy atom. The number of ether oxygens (including phenoxy) is 1. The number of pyridine rings is 1. The summed E-state index contributed by atoms with van der Waals surface area (Å²) in [6.45, 7) is 3.40. The SMILES string of the molecule is NC(CNC(=O)c1cccnc1N1CCOCC1)C1CC1. The molecule has 6 nitrogen and oxygen atoms in total. The van der Waals surface area contributed by atoms with Crippen molar-refractivity contribution in [3.05, 3.63) is 23.9 Å². The minimum atomic E-state index is -0.0966. The highest BCUT2D eigenvalue weighted by Gasteiger charge is 2.29. The highest BCUT2D eigenvalue weighted by Crippen LogP contribution is 2.31. The molecule has 1 unspecified atom stereocenters. The van der Waals surface area contributed by atoms with E-state index in [0.29, 0.717) is 31.2 Å². The summed E-state index contributed by atoms with van der Waals surface area (Å²) in [4.78, 5) is 18.9. The number of rotatable bonds is 5. The number of hydrogen-bond acceptors (Lipinski definition) is 5. The molecule has 2 heterocycles. The van der Waals surface area contributed by atoms with Crippen molar-refractivity contribution in [1.82, 2.24) is 10.3 Å². The molecule has 2 fully saturated rings. The third-order valence-corrected chi connectivity index (χ3v) is 4.07. The molecule has 2 aliphatic rings. The van der Waals surface area contributed by atoms with E-state index in [2.05, 4.69) is 15.2 Å². The Balaban J connectivity index is 1.66. The maximum Gasteiger partial charge on any atom is 0.255 e. The van der Waals surface area contributed by atoms with Crippen molar-refractivity contribution in [1.29, 1.82) is 0 Å². The summed E-state index contributed by atoms with van der Waals surface area (Å²) in [5, 5.41) is 2.94. The average Bonchev–Trinajstić information content (AvgIpc) is 3.38. The molecule has 0 aromatic carbocycles. The summed E-state index contributed by atoms with van der Waals surface area (Å²) in [6, 6.07) is 3.67. The summed E-state index contributed by atoms with van der Waals surface area (Å²) in [7, 11) is 0. The number of amides is 1. The van der Waals surface area contributed by atoms with E-state index in [4.69, 9.17) is 10.5 Å². The predicted molar refractivity (Wildman–Crippen MR) is 80.3 cm³/mol. The van der Waals surface area contributed by atoms with Crippen LogP contribution in [0.1, 0.15) is 23.2 Å². The fourth-order valence-electron chi connectivity index (χ4n) is 2.60. The molecule has 21 heavy (non-hydrogen) atoms. The van der Waals surface area contributed by atoms with Crippen molar-refractivity contribution < 1.29 is 9.53 Å². The third kappa shape index (κ3) is 3.51. The molecule has 1 aliphatic carbocycles. The van der Waals surface area contributed by atoms with Crippen LogP contribution in [0, 0.1) is 5.92 Å². The van der Waals surface area contributed by atoms with Gasteiger partial charge in [-0.05, 0) is 30.9 Å². The van der Waals surface area contributed by atoms with Gasteiger partial charge in [-0.3, -0.25) is 4.79 Å². The summed E-state index contributed by atoms with van der Waals surface area (Å²) in [6.07, 6.45) is 4.09. The predicted octanol–water partition coefficient (Wildman–Crippen LogP) is 0.385. The molecule has 0 bridgehead atoms.